The number of anilines is 1. The molecule has 1 saturated heterocycles. The molecule has 39 heavy (non-hydrogen) atoms. The van der Waals surface area contributed by atoms with Crippen LogP contribution in [0.2, 0.25) is 0 Å². The lowest BCUT2D eigenvalue weighted by atomic mass is 10.0. The van der Waals surface area contributed by atoms with E-state index in [2.05, 4.69) is 20.4 Å². The molecule has 0 radical (unpaired) electrons. The number of β-lactam (4-membered cyclic amide) rings is 1. The van der Waals surface area contributed by atoms with Crippen LogP contribution < -0.4 is 11.1 Å². The lowest BCUT2D eigenvalue weighted by Crippen LogP contribution is -2.71. The summed E-state index contributed by atoms with van der Waals surface area (Å²) in [6, 6.07) is -0.936. The summed E-state index contributed by atoms with van der Waals surface area (Å²) in [6.07, 6.45) is 0.617. The number of carbonyl (C=O) groups excluding carboxylic acids is 4. The summed E-state index contributed by atoms with van der Waals surface area (Å²) < 4.78 is 10.2. The summed E-state index contributed by atoms with van der Waals surface area (Å²) in [5, 5.41) is 9.48. The number of aromatic nitrogens is 1. The lowest BCUT2D eigenvalue weighted by molar-refractivity contribution is -0.182. The maximum absolute atomic E-state index is 13.3. The molecule has 0 aromatic carbocycles. The molecule has 3 atom stereocenters. The van der Waals surface area contributed by atoms with Crippen LogP contribution >= 0.6 is 34.9 Å². The van der Waals surface area contributed by atoms with Crippen LogP contribution in [0.25, 0.3) is 0 Å². The fourth-order valence-corrected chi connectivity index (χ4v) is 6.29. The number of hydrogen-bond donors (Lipinski definition) is 2. The van der Waals surface area contributed by atoms with E-state index in [4.69, 9.17) is 20.0 Å². The first kappa shape index (κ1) is 30.5. The zero-order valence-corrected chi connectivity index (χ0v) is 24.5. The molecule has 1 fully saturated rings. The van der Waals surface area contributed by atoms with Crippen LogP contribution in [0.5, 0.6) is 0 Å². The van der Waals surface area contributed by atoms with E-state index in [0.29, 0.717) is 11.3 Å². The highest BCUT2D eigenvalue weighted by atomic mass is 32.2. The Morgan fingerprint density at radius 3 is 2.74 bits per heavy atom. The zero-order chi connectivity index (χ0) is 28.7. The summed E-state index contributed by atoms with van der Waals surface area (Å²) in [4.78, 5) is 62.9. The lowest BCUT2D eigenvalue weighted by Gasteiger charge is -2.49. The molecule has 16 heteroatoms. The van der Waals surface area contributed by atoms with Crippen molar-refractivity contribution in [1.82, 2.24) is 20.1 Å². The van der Waals surface area contributed by atoms with Gasteiger partial charge in [0.2, 0.25) is 6.29 Å². The molecule has 212 valence electrons. The van der Waals surface area contributed by atoms with Crippen molar-refractivity contribution < 1.29 is 33.5 Å². The maximum Gasteiger partial charge on any atom is 0.358 e. The number of hydrogen-bond acceptors (Lipinski definition) is 14. The minimum atomic E-state index is -1.15. The van der Waals surface area contributed by atoms with Gasteiger partial charge < -0.3 is 30.3 Å². The van der Waals surface area contributed by atoms with Crippen molar-refractivity contribution in [3.05, 3.63) is 33.8 Å². The van der Waals surface area contributed by atoms with Gasteiger partial charge in [-0.1, -0.05) is 5.16 Å². The topological polar surface area (TPSA) is 166 Å². The van der Waals surface area contributed by atoms with Gasteiger partial charge in [-0.2, -0.15) is 0 Å². The van der Waals surface area contributed by atoms with Crippen LogP contribution in [-0.2, 0) is 33.5 Å². The Bertz CT molecular complexity index is 1200. The summed E-state index contributed by atoms with van der Waals surface area (Å²) >= 11 is 4.07. The molecule has 3 heterocycles. The second-order valence-corrected chi connectivity index (χ2v) is 11.5. The largest absolute Gasteiger partial charge is 0.426 e. The normalized spacial score (nSPS) is 20.0. The van der Waals surface area contributed by atoms with Crippen LogP contribution in [-0.4, -0.2) is 101 Å². The number of nitrogens with one attached hydrogen (secondary N) is 1. The summed E-state index contributed by atoms with van der Waals surface area (Å²) in [6.45, 7) is 3.47. The van der Waals surface area contributed by atoms with Crippen molar-refractivity contribution in [3.63, 3.8) is 0 Å². The first-order chi connectivity index (χ1) is 18.5. The van der Waals surface area contributed by atoms with Crippen molar-refractivity contribution >= 4 is 69.5 Å². The Hall–Kier alpha value is -3.08. The van der Waals surface area contributed by atoms with Gasteiger partial charge in [0.05, 0.1) is 0 Å². The number of thioether (sulfide) groups is 2. The van der Waals surface area contributed by atoms with E-state index in [1.165, 1.54) is 37.6 Å². The number of nitrogens with zero attached hydrogens (tertiary/aromatic N) is 4. The Balaban J connectivity index is 1.80. The summed E-state index contributed by atoms with van der Waals surface area (Å²) in [5.41, 5.74) is 6.36. The maximum atomic E-state index is 13.3. The monoisotopic (exact) mass is 598 g/mol. The molecule has 1 unspecified atom stereocenters. The molecule has 2 aliphatic heterocycles. The average molecular weight is 599 g/mol. The number of ether oxygens (including phenoxy) is 2. The van der Waals surface area contributed by atoms with Gasteiger partial charge >= 0.3 is 11.9 Å². The van der Waals surface area contributed by atoms with Crippen LogP contribution in [0.3, 0.4) is 0 Å². The third-order valence-electron chi connectivity index (χ3n) is 5.27. The standard InChI is InChI=1S/C23H30N6O7S3/c1-12(30)35-13(2)36-22(33)18-14(6-8-37-9-7-28(3)4)10-38-21-17(20(32)29(18)21)26-19(31)16(27-34-5)15-11-39-23(24)25-15/h6,8,11,13,17,21H,7,9-10H2,1-5H3,(H2,24,25)(H,26,31)/b8-6+,27-16?/t13?,17-,21-/m1/s1. The highest BCUT2D eigenvalue weighted by Gasteiger charge is 2.54. The molecular formula is C23H30N6O7S3. The summed E-state index contributed by atoms with van der Waals surface area (Å²) in [5.74, 6) is -1.40. The highest BCUT2D eigenvalue weighted by Crippen LogP contribution is 2.41. The predicted octanol–water partition coefficient (Wildman–Crippen LogP) is 0.991. The van der Waals surface area contributed by atoms with Crippen molar-refractivity contribution in [3.8, 4) is 0 Å². The fourth-order valence-electron chi connectivity index (χ4n) is 3.56. The van der Waals surface area contributed by atoms with Crippen molar-refractivity contribution in [2.75, 3.05) is 45.0 Å². The Labute approximate surface area is 238 Å². The van der Waals surface area contributed by atoms with E-state index >= 15 is 0 Å². The first-order valence-electron chi connectivity index (χ1n) is 11.7. The average Bonchev–Trinajstić information content (AvgIpc) is 3.29. The highest BCUT2D eigenvalue weighted by molar-refractivity contribution is 8.02. The van der Waals surface area contributed by atoms with Gasteiger partial charge in [-0.05, 0) is 31.2 Å². The quantitative estimate of drug-likeness (QED) is 0.0876. The van der Waals surface area contributed by atoms with E-state index in [-0.39, 0.29) is 22.2 Å². The molecule has 0 bridgehead atoms. The number of nitrogen functional groups attached to an aromatic ring is 1. The van der Waals surface area contributed by atoms with Gasteiger partial charge in [-0.25, -0.2) is 9.78 Å². The third-order valence-corrected chi connectivity index (χ3v) is 7.99. The number of thiazole rings is 1. The zero-order valence-electron chi connectivity index (χ0n) is 22.0. The molecule has 1 aromatic heterocycles. The molecule has 2 aliphatic rings. The number of fused-ring (bicyclic) bond motifs is 1. The molecule has 3 N–H and O–H groups in total. The van der Waals surface area contributed by atoms with Gasteiger partial charge in [-0.15, -0.1) is 34.9 Å². The van der Waals surface area contributed by atoms with Crippen LogP contribution in [0, 0.1) is 0 Å². The Kier molecular flexibility index (Phi) is 10.8. The molecule has 13 nitrogen and oxygen atoms in total. The Morgan fingerprint density at radius 2 is 2.13 bits per heavy atom. The van der Waals surface area contributed by atoms with Crippen LogP contribution in [0.4, 0.5) is 5.13 Å². The van der Waals surface area contributed by atoms with Crippen molar-refractivity contribution in [2.24, 2.45) is 5.16 Å². The minimum absolute atomic E-state index is 0.0377. The van der Waals surface area contributed by atoms with E-state index in [9.17, 15) is 19.2 Å². The molecular weight excluding hydrogens is 568 g/mol. The van der Waals surface area contributed by atoms with Gasteiger partial charge in [-0.3, -0.25) is 19.3 Å². The van der Waals surface area contributed by atoms with Crippen molar-refractivity contribution in [1.29, 1.82) is 0 Å². The predicted molar refractivity (Wildman–Crippen MR) is 150 cm³/mol. The van der Waals surface area contributed by atoms with Gasteiger partial charge in [0.25, 0.3) is 11.8 Å². The Morgan fingerprint density at radius 1 is 1.38 bits per heavy atom. The number of rotatable bonds is 12. The van der Waals surface area contributed by atoms with E-state index in [1.807, 2.05) is 19.5 Å². The summed E-state index contributed by atoms with van der Waals surface area (Å²) in [7, 11) is 5.23. The minimum Gasteiger partial charge on any atom is -0.426 e. The molecule has 2 amide bonds. The van der Waals surface area contributed by atoms with Gasteiger partial charge in [0.1, 0.15) is 29.9 Å². The SMILES string of the molecule is CON=C(C(=O)N[C@@H]1C(=O)N2C(C(=O)OC(C)OC(C)=O)=C(/C=C/SCCN(C)C)CS[C@H]12)c1csc(N)n1. The van der Waals surface area contributed by atoms with E-state index in [1.54, 1.807) is 23.2 Å². The molecule has 1 aromatic rings. The van der Waals surface area contributed by atoms with E-state index in [0.717, 1.165) is 23.6 Å². The number of nitrogens with two attached hydrogens (primary N) is 1. The molecule has 0 spiro atoms. The molecule has 3 rings (SSSR count). The number of oxime groups is 1. The van der Waals surface area contributed by atoms with Gasteiger partial charge in [0.15, 0.2) is 10.8 Å². The third kappa shape index (κ3) is 7.74. The van der Waals surface area contributed by atoms with Crippen LogP contribution in [0.1, 0.15) is 19.5 Å². The second kappa shape index (κ2) is 13.8. The molecule has 0 saturated carbocycles. The second-order valence-electron chi connectivity index (χ2n) is 8.49. The first-order valence-corrected chi connectivity index (χ1v) is 14.6. The number of allylic oxidation sites excluding steroid dienone is 1. The number of carbonyl (C=O) groups is 4. The van der Waals surface area contributed by atoms with E-state index < -0.39 is 41.5 Å². The van der Waals surface area contributed by atoms with Crippen molar-refractivity contribution in [2.45, 2.75) is 31.6 Å². The van der Waals surface area contributed by atoms with Gasteiger partial charge in [0, 0.05) is 37.3 Å². The number of esters is 2. The molecule has 0 aliphatic carbocycles. The van der Waals surface area contributed by atoms with Crippen LogP contribution in [0.15, 0.2) is 33.3 Å². The number of amides is 2. The fraction of sp³-hybridized carbons (Fsp3) is 0.478. The smallest absolute Gasteiger partial charge is 0.358 e.